The van der Waals surface area contributed by atoms with Gasteiger partial charge >= 0.3 is 0 Å². The molecule has 2 aromatic carbocycles. The highest BCUT2D eigenvalue weighted by atomic mass is 35.5. The fourth-order valence-electron chi connectivity index (χ4n) is 2.06. The fourth-order valence-corrected chi connectivity index (χ4v) is 2.28. The first kappa shape index (κ1) is 14.9. The average Bonchev–Trinajstić information content (AvgIpc) is 2.40. The lowest BCUT2D eigenvalue weighted by atomic mass is 9.86. The molecule has 2 rings (SSSR count). The zero-order valence-electron chi connectivity index (χ0n) is 12.5. The Morgan fingerprint density at radius 3 is 2.30 bits per heavy atom. The van der Waals surface area contributed by atoms with Gasteiger partial charge in [-0.2, -0.15) is 0 Å². The Morgan fingerprint density at radius 1 is 1.00 bits per heavy atom. The van der Waals surface area contributed by atoms with Crippen molar-refractivity contribution in [1.29, 1.82) is 0 Å². The zero-order chi connectivity index (χ0) is 14.8. The van der Waals surface area contributed by atoms with Crippen LogP contribution >= 0.6 is 11.6 Å². The number of aryl methyl sites for hydroxylation is 1. The van der Waals surface area contributed by atoms with Gasteiger partial charge in [-0.3, -0.25) is 0 Å². The molecule has 0 saturated carbocycles. The lowest BCUT2D eigenvalue weighted by Gasteiger charge is -2.21. The second-order valence-corrected chi connectivity index (χ2v) is 6.34. The molecule has 0 spiro atoms. The maximum absolute atomic E-state index is 6.01. The molecule has 106 valence electrons. The molecule has 0 atom stereocenters. The van der Waals surface area contributed by atoms with Crippen molar-refractivity contribution < 1.29 is 4.74 Å². The minimum atomic E-state index is 0.150. The van der Waals surface area contributed by atoms with E-state index >= 15 is 0 Å². The Kier molecular flexibility index (Phi) is 4.39. The van der Waals surface area contributed by atoms with Gasteiger partial charge in [-0.05, 0) is 35.6 Å². The van der Waals surface area contributed by atoms with E-state index in [9.17, 15) is 0 Å². The van der Waals surface area contributed by atoms with Crippen LogP contribution in [0.2, 0.25) is 0 Å². The molecule has 2 aromatic rings. The third-order valence-corrected chi connectivity index (χ3v) is 3.67. The van der Waals surface area contributed by atoms with Gasteiger partial charge in [-0.25, -0.2) is 0 Å². The van der Waals surface area contributed by atoms with E-state index in [0.717, 1.165) is 22.6 Å². The van der Waals surface area contributed by atoms with Gasteiger partial charge in [0.2, 0.25) is 0 Å². The minimum Gasteiger partial charge on any atom is -0.457 e. The van der Waals surface area contributed by atoms with Crippen LogP contribution in [-0.4, -0.2) is 0 Å². The molecule has 0 radical (unpaired) electrons. The SMILES string of the molecule is Cc1cc(C(C)(C)C)ccc1Oc1ccccc1CCl. The molecular weight excluding hydrogens is 268 g/mol. The van der Waals surface area contributed by atoms with Crippen LogP contribution in [0.3, 0.4) is 0 Å². The normalized spacial score (nSPS) is 11.4. The lowest BCUT2D eigenvalue weighted by molar-refractivity contribution is 0.473. The van der Waals surface area contributed by atoms with Gasteiger partial charge in [-0.15, -0.1) is 11.6 Å². The van der Waals surface area contributed by atoms with Gasteiger partial charge in [0.05, 0.1) is 5.88 Å². The molecule has 0 bridgehead atoms. The number of benzene rings is 2. The number of halogens is 1. The molecule has 2 heteroatoms. The summed E-state index contributed by atoms with van der Waals surface area (Å²) in [6, 6.07) is 14.2. The topological polar surface area (TPSA) is 9.23 Å². The summed E-state index contributed by atoms with van der Waals surface area (Å²) in [7, 11) is 0. The second kappa shape index (κ2) is 5.88. The van der Waals surface area contributed by atoms with Crippen molar-refractivity contribution in [1.82, 2.24) is 0 Å². The molecule has 0 fully saturated rings. The van der Waals surface area contributed by atoms with Gasteiger partial charge in [0.1, 0.15) is 11.5 Å². The van der Waals surface area contributed by atoms with E-state index in [-0.39, 0.29) is 5.41 Å². The Hall–Kier alpha value is -1.47. The molecule has 0 unspecified atom stereocenters. The van der Waals surface area contributed by atoms with Crippen LogP contribution in [0.25, 0.3) is 0 Å². The summed E-state index contributed by atoms with van der Waals surface area (Å²) >= 11 is 5.94. The van der Waals surface area contributed by atoms with Gasteiger partial charge in [0.25, 0.3) is 0 Å². The van der Waals surface area contributed by atoms with Crippen LogP contribution in [0.1, 0.15) is 37.5 Å². The predicted molar refractivity (Wildman–Crippen MR) is 86.0 cm³/mol. The lowest BCUT2D eigenvalue weighted by Crippen LogP contribution is -2.11. The highest BCUT2D eigenvalue weighted by Crippen LogP contribution is 2.32. The van der Waals surface area contributed by atoms with Crippen LogP contribution in [0, 0.1) is 6.92 Å². The molecule has 0 aliphatic carbocycles. The average molecular weight is 289 g/mol. The third-order valence-electron chi connectivity index (χ3n) is 3.38. The summed E-state index contributed by atoms with van der Waals surface area (Å²) in [5, 5.41) is 0. The van der Waals surface area contributed by atoms with Crippen LogP contribution in [0.15, 0.2) is 42.5 Å². The number of hydrogen-bond donors (Lipinski definition) is 0. The number of para-hydroxylation sites is 1. The third kappa shape index (κ3) is 3.34. The number of hydrogen-bond acceptors (Lipinski definition) is 1. The number of rotatable bonds is 3. The predicted octanol–water partition coefficient (Wildman–Crippen LogP) is 5.82. The zero-order valence-corrected chi connectivity index (χ0v) is 13.3. The smallest absolute Gasteiger partial charge is 0.131 e. The van der Waals surface area contributed by atoms with Gasteiger partial charge in [-0.1, -0.05) is 51.1 Å². The van der Waals surface area contributed by atoms with E-state index < -0.39 is 0 Å². The molecule has 1 nitrogen and oxygen atoms in total. The van der Waals surface area contributed by atoms with Gasteiger partial charge < -0.3 is 4.74 Å². The largest absolute Gasteiger partial charge is 0.457 e. The number of ether oxygens (including phenoxy) is 1. The molecule has 0 saturated heterocycles. The molecular formula is C18H21ClO. The van der Waals surface area contributed by atoms with Crippen LogP contribution in [0.5, 0.6) is 11.5 Å². The first-order chi connectivity index (χ1) is 9.41. The molecule has 0 heterocycles. The van der Waals surface area contributed by atoms with Crippen molar-refractivity contribution >= 4 is 11.6 Å². The first-order valence-electron chi connectivity index (χ1n) is 6.84. The Balaban J connectivity index is 2.31. The van der Waals surface area contributed by atoms with Crippen molar-refractivity contribution in [3.05, 3.63) is 59.2 Å². The van der Waals surface area contributed by atoms with Crippen molar-refractivity contribution in [2.75, 3.05) is 0 Å². The van der Waals surface area contributed by atoms with E-state index in [0.29, 0.717) is 5.88 Å². The Morgan fingerprint density at radius 2 is 1.70 bits per heavy atom. The fraction of sp³-hybridized carbons (Fsp3) is 0.333. The molecule has 0 aliphatic rings. The highest BCUT2D eigenvalue weighted by molar-refractivity contribution is 6.17. The maximum atomic E-state index is 6.01. The minimum absolute atomic E-state index is 0.150. The quantitative estimate of drug-likeness (QED) is 0.646. The van der Waals surface area contributed by atoms with Crippen molar-refractivity contribution in [3.8, 4) is 11.5 Å². The summed E-state index contributed by atoms with van der Waals surface area (Å²) < 4.78 is 6.01. The molecule has 0 aliphatic heterocycles. The highest BCUT2D eigenvalue weighted by Gasteiger charge is 2.15. The molecule has 0 N–H and O–H groups in total. The number of alkyl halides is 1. The van der Waals surface area contributed by atoms with Gasteiger partial charge in [0.15, 0.2) is 0 Å². The standard InChI is InChI=1S/C18H21ClO/c1-13-11-15(18(2,3)4)9-10-16(13)20-17-8-6-5-7-14(17)12-19/h5-11H,12H2,1-4H3. The van der Waals surface area contributed by atoms with Crippen molar-refractivity contribution in [2.45, 2.75) is 39.0 Å². The van der Waals surface area contributed by atoms with E-state index in [2.05, 4.69) is 39.8 Å². The monoisotopic (exact) mass is 288 g/mol. The molecule has 0 amide bonds. The van der Waals surface area contributed by atoms with E-state index in [4.69, 9.17) is 16.3 Å². The Bertz CT molecular complexity index is 597. The summed E-state index contributed by atoms with van der Waals surface area (Å²) in [4.78, 5) is 0. The summed E-state index contributed by atoms with van der Waals surface area (Å²) in [6.45, 7) is 8.72. The molecule has 20 heavy (non-hydrogen) atoms. The van der Waals surface area contributed by atoms with Gasteiger partial charge in [0, 0.05) is 5.56 Å². The van der Waals surface area contributed by atoms with Crippen LogP contribution < -0.4 is 4.74 Å². The van der Waals surface area contributed by atoms with Crippen molar-refractivity contribution in [3.63, 3.8) is 0 Å². The van der Waals surface area contributed by atoms with E-state index in [1.165, 1.54) is 5.56 Å². The van der Waals surface area contributed by atoms with E-state index in [1.54, 1.807) is 0 Å². The van der Waals surface area contributed by atoms with E-state index in [1.807, 2.05) is 30.3 Å². The maximum Gasteiger partial charge on any atom is 0.131 e. The first-order valence-corrected chi connectivity index (χ1v) is 7.38. The summed E-state index contributed by atoms with van der Waals surface area (Å²) in [5.74, 6) is 2.17. The summed E-state index contributed by atoms with van der Waals surface area (Å²) in [6.07, 6.45) is 0. The second-order valence-electron chi connectivity index (χ2n) is 6.07. The Labute approximate surface area is 126 Å². The van der Waals surface area contributed by atoms with Crippen LogP contribution in [-0.2, 0) is 11.3 Å². The summed E-state index contributed by atoms with van der Waals surface area (Å²) in [5.41, 5.74) is 3.61. The van der Waals surface area contributed by atoms with Crippen molar-refractivity contribution in [2.24, 2.45) is 0 Å². The van der Waals surface area contributed by atoms with Crippen LogP contribution in [0.4, 0.5) is 0 Å². The molecule has 0 aromatic heterocycles.